The van der Waals surface area contributed by atoms with Crippen LogP contribution in [0, 0.1) is 11.7 Å². The van der Waals surface area contributed by atoms with Gasteiger partial charge < -0.3 is 10.6 Å². The third-order valence-corrected chi connectivity index (χ3v) is 3.56. The van der Waals surface area contributed by atoms with Crippen LogP contribution >= 0.6 is 0 Å². The van der Waals surface area contributed by atoms with Gasteiger partial charge in [-0.1, -0.05) is 32.0 Å². The van der Waals surface area contributed by atoms with Crippen molar-refractivity contribution in [1.82, 2.24) is 15.6 Å². The maximum absolute atomic E-state index is 13.5. The van der Waals surface area contributed by atoms with E-state index in [-0.39, 0.29) is 23.3 Å². The van der Waals surface area contributed by atoms with E-state index in [1.54, 1.807) is 18.2 Å². The van der Waals surface area contributed by atoms with Crippen LogP contribution in [-0.4, -0.2) is 29.9 Å². The number of carbonyl (C=O) groups is 2. The Labute approximate surface area is 146 Å². The smallest absolute Gasteiger partial charge is 0.269 e. The van der Waals surface area contributed by atoms with Crippen molar-refractivity contribution in [1.29, 1.82) is 0 Å². The normalized spacial score (nSPS) is 10.6. The highest BCUT2D eigenvalue weighted by Gasteiger charge is 2.12. The summed E-state index contributed by atoms with van der Waals surface area (Å²) in [6.45, 7) is 4.83. The summed E-state index contributed by atoms with van der Waals surface area (Å²) in [5, 5.41) is 5.49. The number of rotatable bonds is 7. The van der Waals surface area contributed by atoms with Crippen molar-refractivity contribution in [3.63, 3.8) is 0 Å². The molecule has 25 heavy (non-hydrogen) atoms. The Kier molecular flexibility index (Phi) is 6.62. The second-order valence-electron chi connectivity index (χ2n) is 6.13. The minimum absolute atomic E-state index is 0.197. The second kappa shape index (κ2) is 8.92. The van der Waals surface area contributed by atoms with Gasteiger partial charge in [0.1, 0.15) is 11.5 Å². The van der Waals surface area contributed by atoms with Crippen LogP contribution in [0.1, 0.15) is 40.3 Å². The molecule has 0 saturated heterocycles. The maximum atomic E-state index is 13.5. The van der Waals surface area contributed by atoms with Crippen molar-refractivity contribution in [3.05, 3.63) is 65.2 Å². The highest BCUT2D eigenvalue weighted by Crippen LogP contribution is 2.07. The monoisotopic (exact) mass is 343 g/mol. The Morgan fingerprint density at radius 1 is 1.12 bits per heavy atom. The SMILES string of the molecule is CC(C)CNC(=O)c1cc(C(=O)NCCc2ccccc2F)ccn1. The standard InChI is InChI=1S/C19H22FN3O2/c1-13(2)12-23-19(25)17-11-15(8-9-21-17)18(24)22-10-7-14-5-3-4-6-16(14)20/h3-6,8-9,11,13H,7,10,12H2,1-2H3,(H,22,24)(H,23,25). The van der Waals surface area contributed by atoms with Gasteiger partial charge in [0.2, 0.25) is 0 Å². The molecular weight excluding hydrogens is 321 g/mol. The average Bonchev–Trinajstić information content (AvgIpc) is 2.61. The molecule has 0 aliphatic carbocycles. The number of carbonyl (C=O) groups excluding carboxylic acids is 2. The molecule has 0 spiro atoms. The summed E-state index contributed by atoms with van der Waals surface area (Å²) in [5.74, 6) is -0.593. The van der Waals surface area contributed by atoms with Gasteiger partial charge in [0.05, 0.1) is 0 Å². The quantitative estimate of drug-likeness (QED) is 0.812. The lowest BCUT2D eigenvalue weighted by Gasteiger charge is -2.09. The molecule has 6 heteroatoms. The number of nitrogens with one attached hydrogen (secondary N) is 2. The van der Waals surface area contributed by atoms with Crippen molar-refractivity contribution < 1.29 is 14.0 Å². The van der Waals surface area contributed by atoms with E-state index in [1.165, 1.54) is 24.4 Å². The first kappa shape index (κ1) is 18.6. The van der Waals surface area contributed by atoms with E-state index in [0.717, 1.165) is 0 Å². The lowest BCUT2D eigenvalue weighted by atomic mass is 10.1. The molecule has 0 atom stereocenters. The molecule has 2 aromatic rings. The van der Waals surface area contributed by atoms with Gasteiger partial charge in [-0.25, -0.2) is 4.39 Å². The lowest BCUT2D eigenvalue weighted by molar-refractivity contribution is 0.0944. The zero-order valence-corrected chi connectivity index (χ0v) is 14.4. The highest BCUT2D eigenvalue weighted by atomic mass is 19.1. The van der Waals surface area contributed by atoms with Crippen molar-refractivity contribution in [3.8, 4) is 0 Å². The van der Waals surface area contributed by atoms with Crippen LogP contribution in [0.4, 0.5) is 4.39 Å². The Hall–Kier alpha value is -2.76. The first-order valence-electron chi connectivity index (χ1n) is 8.23. The number of pyridine rings is 1. The van der Waals surface area contributed by atoms with Crippen LogP contribution in [0.3, 0.4) is 0 Å². The fourth-order valence-corrected chi connectivity index (χ4v) is 2.20. The van der Waals surface area contributed by atoms with Gasteiger partial charge in [-0.05, 0) is 36.1 Å². The van der Waals surface area contributed by atoms with E-state index in [2.05, 4.69) is 15.6 Å². The molecule has 2 N–H and O–H groups in total. The summed E-state index contributed by atoms with van der Waals surface area (Å²) < 4.78 is 13.5. The molecule has 1 heterocycles. The summed E-state index contributed by atoms with van der Waals surface area (Å²) >= 11 is 0. The zero-order valence-electron chi connectivity index (χ0n) is 14.4. The van der Waals surface area contributed by atoms with Gasteiger partial charge in [-0.15, -0.1) is 0 Å². The Morgan fingerprint density at radius 2 is 1.88 bits per heavy atom. The Morgan fingerprint density at radius 3 is 2.60 bits per heavy atom. The number of hydrogen-bond acceptors (Lipinski definition) is 3. The Balaban J connectivity index is 1.92. The predicted octanol–water partition coefficient (Wildman–Crippen LogP) is 2.58. The summed E-state index contributed by atoms with van der Waals surface area (Å²) in [4.78, 5) is 28.2. The third-order valence-electron chi connectivity index (χ3n) is 3.56. The summed E-state index contributed by atoms with van der Waals surface area (Å²) in [7, 11) is 0. The van der Waals surface area contributed by atoms with Gasteiger partial charge in [0, 0.05) is 24.8 Å². The number of aromatic nitrogens is 1. The summed E-state index contributed by atoms with van der Waals surface area (Å²) in [6, 6.07) is 9.45. The Bertz CT molecular complexity index is 747. The van der Waals surface area contributed by atoms with Crippen molar-refractivity contribution in [2.24, 2.45) is 5.92 Å². The number of amides is 2. The van der Waals surface area contributed by atoms with Crippen LogP contribution in [0.2, 0.25) is 0 Å². The molecule has 0 aliphatic heterocycles. The van der Waals surface area contributed by atoms with E-state index in [4.69, 9.17) is 0 Å². The van der Waals surface area contributed by atoms with Gasteiger partial charge in [0.15, 0.2) is 0 Å². The molecule has 0 aliphatic rings. The van der Waals surface area contributed by atoms with Crippen molar-refractivity contribution in [2.75, 3.05) is 13.1 Å². The molecule has 2 rings (SSSR count). The zero-order chi connectivity index (χ0) is 18.2. The topological polar surface area (TPSA) is 71.1 Å². The van der Waals surface area contributed by atoms with Crippen LogP contribution in [0.25, 0.3) is 0 Å². The molecule has 1 aromatic heterocycles. The van der Waals surface area contributed by atoms with Crippen LogP contribution < -0.4 is 10.6 Å². The molecule has 0 unspecified atom stereocenters. The molecule has 0 fully saturated rings. The van der Waals surface area contributed by atoms with E-state index >= 15 is 0 Å². The van der Waals surface area contributed by atoms with E-state index < -0.39 is 0 Å². The fourth-order valence-electron chi connectivity index (χ4n) is 2.20. The van der Waals surface area contributed by atoms with Gasteiger partial charge in [-0.3, -0.25) is 14.6 Å². The minimum Gasteiger partial charge on any atom is -0.352 e. The van der Waals surface area contributed by atoms with E-state index in [1.807, 2.05) is 13.8 Å². The number of benzene rings is 1. The maximum Gasteiger partial charge on any atom is 0.269 e. The van der Waals surface area contributed by atoms with E-state index in [0.29, 0.717) is 36.6 Å². The van der Waals surface area contributed by atoms with Crippen molar-refractivity contribution in [2.45, 2.75) is 20.3 Å². The molecule has 2 amide bonds. The lowest BCUT2D eigenvalue weighted by Crippen LogP contribution is -2.29. The van der Waals surface area contributed by atoms with Crippen LogP contribution in [-0.2, 0) is 6.42 Å². The van der Waals surface area contributed by atoms with E-state index in [9.17, 15) is 14.0 Å². The van der Waals surface area contributed by atoms with Gasteiger partial charge in [-0.2, -0.15) is 0 Å². The number of halogens is 1. The molecular formula is C19H22FN3O2. The van der Waals surface area contributed by atoms with Crippen LogP contribution in [0.15, 0.2) is 42.6 Å². The molecule has 0 bridgehead atoms. The summed E-state index contributed by atoms with van der Waals surface area (Å²) in [6.07, 6.45) is 1.82. The molecule has 0 radical (unpaired) electrons. The third kappa shape index (κ3) is 5.67. The highest BCUT2D eigenvalue weighted by molar-refractivity contribution is 5.98. The predicted molar refractivity (Wildman–Crippen MR) is 93.8 cm³/mol. The second-order valence-corrected chi connectivity index (χ2v) is 6.13. The molecule has 0 saturated carbocycles. The number of nitrogens with zero attached hydrogens (tertiary/aromatic N) is 1. The molecule has 5 nitrogen and oxygen atoms in total. The minimum atomic E-state index is -0.323. The first-order chi connectivity index (χ1) is 12.0. The van der Waals surface area contributed by atoms with Gasteiger partial charge in [0.25, 0.3) is 11.8 Å². The van der Waals surface area contributed by atoms with Gasteiger partial charge >= 0.3 is 0 Å². The largest absolute Gasteiger partial charge is 0.352 e. The summed E-state index contributed by atoms with van der Waals surface area (Å²) in [5.41, 5.74) is 1.09. The first-order valence-corrected chi connectivity index (χ1v) is 8.23. The molecule has 1 aromatic carbocycles. The van der Waals surface area contributed by atoms with Crippen molar-refractivity contribution >= 4 is 11.8 Å². The van der Waals surface area contributed by atoms with Crippen LogP contribution in [0.5, 0.6) is 0 Å². The molecule has 132 valence electrons. The average molecular weight is 343 g/mol. The number of hydrogen-bond donors (Lipinski definition) is 2. The fraction of sp³-hybridized carbons (Fsp3) is 0.316.